The lowest BCUT2D eigenvalue weighted by Crippen LogP contribution is -2.47. The zero-order valence-electron chi connectivity index (χ0n) is 25.5. The lowest BCUT2D eigenvalue weighted by Gasteiger charge is -2.35. The Bertz CT molecular complexity index is 941. The number of aliphatic hydroxyl groups is 2. The van der Waals surface area contributed by atoms with Crippen LogP contribution in [0.3, 0.4) is 0 Å². The molecule has 10 heteroatoms. The summed E-state index contributed by atoms with van der Waals surface area (Å²) in [6.45, 7) is 21.6. The summed E-state index contributed by atoms with van der Waals surface area (Å²) < 4.78 is 0. The van der Waals surface area contributed by atoms with Crippen LogP contribution in [0.15, 0.2) is 24.3 Å². The summed E-state index contributed by atoms with van der Waals surface area (Å²) in [6.07, 6.45) is 9.93. The molecule has 0 aromatic rings. The molecule has 0 spiro atoms. The molecule has 0 saturated heterocycles. The molecule has 0 aliphatic rings. The van der Waals surface area contributed by atoms with Gasteiger partial charge in [-0.15, -0.1) is 12.8 Å². The summed E-state index contributed by atoms with van der Waals surface area (Å²) in [5, 5.41) is 28.3. The standard InChI is InChI=1S/C16H28N2O3.C7H13NO2.C7H9NO/c1-7-9-17-13(20)15(4,5)11-16(6,8-2)14(21)18-10-12(3)19;1-5(2)7(10)8-4-6(3)9;1-4-5-8-7(9)6(2)3/h1,12,19H,8-11H2,2-6H3,(H,17,20)(H,18,21);6,9H,1,4H2,2-3H3,(H,8,10);1H,2,5H2,3H3,(H,8,9). The summed E-state index contributed by atoms with van der Waals surface area (Å²) in [6, 6.07) is 0. The SMILES string of the molecule is C#CCNC(=O)C(=C)C.C#CCNC(=O)C(C)(C)CC(C)(CC)C(=O)NCC(C)O.C=C(C)C(=O)NCC(C)O. The van der Waals surface area contributed by atoms with Gasteiger partial charge in [0.05, 0.1) is 25.3 Å². The normalized spacial score (nSPS) is 12.9. The number of amides is 4. The molecule has 0 fully saturated rings. The summed E-state index contributed by atoms with van der Waals surface area (Å²) >= 11 is 0. The molecule has 10 nitrogen and oxygen atoms in total. The van der Waals surface area contributed by atoms with Crippen molar-refractivity contribution in [1.82, 2.24) is 21.3 Å². The molecular weight excluding hydrogens is 512 g/mol. The first kappa shape index (κ1) is 40.9. The molecule has 0 radical (unpaired) electrons. The number of hydrogen-bond donors (Lipinski definition) is 6. The number of aliphatic hydroxyl groups excluding tert-OH is 2. The van der Waals surface area contributed by atoms with E-state index in [1.165, 1.54) is 0 Å². The van der Waals surface area contributed by atoms with Crippen molar-refractivity contribution in [2.75, 3.05) is 26.2 Å². The molecule has 3 atom stereocenters. The van der Waals surface area contributed by atoms with Crippen molar-refractivity contribution in [3.8, 4) is 24.7 Å². The predicted octanol–water partition coefficient (Wildman–Crippen LogP) is 1.44. The summed E-state index contributed by atoms with van der Waals surface area (Å²) in [7, 11) is 0. The van der Waals surface area contributed by atoms with E-state index in [2.05, 4.69) is 46.3 Å². The molecule has 0 aliphatic heterocycles. The van der Waals surface area contributed by atoms with E-state index in [-0.39, 0.29) is 49.8 Å². The van der Waals surface area contributed by atoms with Crippen LogP contribution in [0.5, 0.6) is 0 Å². The van der Waals surface area contributed by atoms with Crippen LogP contribution in [0.2, 0.25) is 0 Å². The van der Waals surface area contributed by atoms with Gasteiger partial charge in [-0.1, -0.05) is 52.7 Å². The van der Waals surface area contributed by atoms with Crippen LogP contribution in [-0.4, -0.2) is 72.2 Å². The van der Waals surface area contributed by atoms with E-state index in [1.807, 2.05) is 13.8 Å². The van der Waals surface area contributed by atoms with Gasteiger partial charge in [0, 0.05) is 35.1 Å². The molecule has 226 valence electrons. The zero-order chi connectivity index (χ0) is 32.1. The Hall–Kier alpha value is -3.60. The summed E-state index contributed by atoms with van der Waals surface area (Å²) in [4.78, 5) is 45.8. The average Bonchev–Trinajstić information content (AvgIpc) is 2.87. The van der Waals surface area contributed by atoms with Crippen LogP contribution in [0.4, 0.5) is 0 Å². The van der Waals surface area contributed by atoms with Crippen molar-refractivity contribution >= 4 is 23.6 Å². The largest absolute Gasteiger partial charge is 0.392 e. The van der Waals surface area contributed by atoms with E-state index in [4.69, 9.17) is 18.0 Å². The smallest absolute Gasteiger partial charge is 0.247 e. The maximum Gasteiger partial charge on any atom is 0.247 e. The summed E-state index contributed by atoms with van der Waals surface area (Å²) in [5.74, 6) is 3.94. The second kappa shape index (κ2) is 21.2. The highest BCUT2D eigenvalue weighted by Gasteiger charge is 2.40. The van der Waals surface area contributed by atoms with Gasteiger partial charge in [0.2, 0.25) is 23.6 Å². The van der Waals surface area contributed by atoms with Crippen LogP contribution < -0.4 is 21.3 Å². The highest BCUT2D eigenvalue weighted by Crippen LogP contribution is 2.37. The molecule has 0 heterocycles. The average molecular weight is 563 g/mol. The van der Waals surface area contributed by atoms with E-state index in [0.717, 1.165) is 0 Å². The third-order valence-corrected chi connectivity index (χ3v) is 5.37. The van der Waals surface area contributed by atoms with Gasteiger partial charge < -0.3 is 31.5 Å². The van der Waals surface area contributed by atoms with E-state index in [9.17, 15) is 24.3 Å². The lowest BCUT2D eigenvalue weighted by atomic mass is 9.71. The number of rotatable bonds is 13. The Morgan fingerprint density at radius 3 is 1.55 bits per heavy atom. The Morgan fingerprint density at radius 2 is 1.18 bits per heavy atom. The number of carbonyl (C=O) groups excluding carboxylic acids is 4. The molecule has 4 amide bonds. The Balaban J connectivity index is -0.000000596. The molecule has 6 N–H and O–H groups in total. The van der Waals surface area contributed by atoms with Crippen LogP contribution >= 0.6 is 0 Å². The van der Waals surface area contributed by atoms with Crippen LogP contribution in [0.25, 0.3) is 0 Å². The fraction of sp³-hybridized carbons (Fsp3) is 0.600. The molecule has 0 aliphatic carbocycles. The Morgan fingerprint density at radius 1 is 0.775 bits per heavy atom. The maximum absolute atomic E-state index is 12.3. The quantitative estimate of drug-likeness (QED) is 0.147. The van der Waals surface area contributed by atoms with Crippen LogP contribution in [-0.2, 0) is 19.2 Å². The molecular formula is C30H50N4O6. The van der Waals surface area contributed by atoms with E-state index < -0.39 is 23.0 Å². The van der Waals surface area contributed by atoms with E-state index in [0.29, 0.717) is 24.0 Å². The minimum Gasteiger partial charge on any atom is -0.392 e. The third-order valence-electron chi connectivity index (χ3n) is 5.37. The minimum absolute atomic E-state index is 0.149. The fourth-order valence-corrected chi connectivity index (χ4v) is 2.92. The Kier molecular flexibility index (Phi) is 21.7. The number of carbonyl (C=O) groups is 4. The van der Waals surface area contributed by atoms with Gasteiger partial charge in [-0.25, -0.2) is 0 Å². The third kappa shape index (κ3) is 20.4. The van der Waals surface area contributed by atoms with E-state index in [1.54, 1.807) is 41.5 Å². The molecule has 40 heavy (non-hydrogen) atoms. The van der Waals surface area contributed by atoms with E-state index >= 15 is 0 Å². The number of nitrogens with one attached hydrogen (secondary N) is 4. The van der Waals surface area contributed by atoms with Gasteiger partial charge in [0.1, 0.15) is 0 Å². The van der Waals surface area contributed by atoms with Gasteiger partial charge in [-0.2, -0.15) is 0 Å². The summed E-state index contributed by atoms with van der Waals surface area (Å²) in [5.41, 5.74) is -0.443. The second-order valence-electron chi connectivity index (χ2n) is 10.4. The molecule has 3 unspecified atom stereocenters. The van der Waals surface area contributed by atoms with Gasteiger partial charge >= 0.3 is 0 Å². The minimum atomic E-state index is -0.705. The highest BCUT2D eigenvalue weighted by atomic mass is 16.3. The first-order valence-corrected chi connectivity index (χ1v) is 13.0. The first-order valence-electron chi connectivity index (χ1n) is 13.0. The predicted molar refractivity (Wildman–Crippen MR) is 159 cm³/mol. The molecule has 0 aromatic heterocycles. The van der Waals surface area contributed by atoms with Crippen LogP contribution in [0.1, 0.15) is 68.2 Å². The molecule has 0 rings (SSSR count). The maximum atomic E-state index is 12.3. The van der Waals surface area contributed by atoms with Gasteiger partial charge in [-0.05, 0) is 40.5 Å². The van der Waals surface area contributed by atoms with Crippen molar-refractivity contribution in [2.24, 2.45) is 10.8 Å². The van der Waals surface area contributed by atoms with Crippen molar-refractivity contribution < 1.29 is 29.4 Å². The van der Waals surface area contributed by atoms with Crippen LogP contribution in [0, 0.1) is 35.5 Å². The first-order chi connectivity index (χ1) is 18.3. The number of hydrogen-bond acceptors (Lipinski definition) is 6. The van der Waals surface area contributed by atoms with Gasteiger partial charge in [0.25, 0.3) is 0 Å². The van der Waals surface area contributed by atoms with Crippen molar-refractivity contribution in [1.29, 1.82) is 0 Å². The molecule has 0 aromatic carbocycles. The van der Waals surface area contributed by atoms with Crippen molar-refractivity contribution in [3.63, 3.8) is 0 Å². The lowest BCUT2D eigenvalue weighted by molar-refractivity contribution is -0.137. The van der Waals surface area contributed by atoms with Crippen molar-refractivity contribution in [3.05, 3.63) is 24.3 Å². The van der Waals surface area contributed by atoms with Crippen molar-refractivity contribution in [2.45, 2.75) is 80.4 Å². The van der Waals surface area contributed by atoms with Gasteiger partial charge in [-0.3, -0.25) is 19.2 Å². The number of terminal acetylenes is 2. The zero-order valence-corrected chi connectivity index (χ0v) is 25.5. The molecule has 0 saturated carbocycles. The molecule has 0 bridgehead atoms. The fourth-order valence-electron chi connectivity index (χ4n) is 2.92. The van der Waals surface area contributed by atoms with Gasteiger partial charge in [0.15, 0.2) is 0 Å². The topological polar surface area (TPSA) is 157 Å². The Labute approximate surface area is 240 Å². The monoisotopic (exact) mass is 562 g/mol. The second-order valence-corrected chi connectivity index (χ2v) is 10.4. The highest BCUT2D eigenvalue weighted by molar-refractivity contribution is 5.92.